The number of carbonyl (C=O) groups is 2. The fraction of sp³-hybridized carbons (Fsp3) is 0.389. The number of aromatic nitrogens is 1. The molecule has 1 aromatic heterocycles. The summed E-state index contributed by atoms with van der Waals surface area (Å²) in [6.07, 6.45) is 0.323. The minimum atomic E-state index is -0.472. The van der Waals surface area contributed by atoms with Crippen LogP contribution in [0.2, 0.25) is 5.02 Å². The van der Waals surface area contributed by atoms with Crippen molar-refractivity contribution >= 4 is 29.2 Å². The molecule has 0 aliphatic carbocycles. The van der Waals surface area contributed by atoms with Crippen LogP contribution in [0.4, 0.5) is 10.2 Å². The van der Waals surface area contributed by atoms with Gasteiger partial charge in [-0.1, -0.05) is 16.8 Å². The van der Waals surface area contributed by atoms with Gasteiger partial charge < -0.3 is 14.7 Å². The predicted octanol–water partition coefficient (Wildman–Crippen LogP) is 2.56. The number of nitrogens with zero attached hydrogens (tertiary/aromatic N) is 3. The molecule has 1 aromatic carbocycles. The number of carbonyl (C=O) groups excluding carboxylic acids is 2. The predicted molar refractivity (Wildman–Crippen MR) is 98.2 cm³/mol. The van der Waals surface area contributed by atoms with E-state index in [9.17, 15) is 14.0 Å². The van der Waals surface area contributed by atoms with E-state index in [-0.39, 0.29) is 16.8 Å². The van der Waals surface area contributed by atoms with E-state index in [1.165, 1.54) is 12.1 Å². The average molecular weight is 395 g/mol. The standard InChI is InChI=1S/C18H20ClFN4O3/c1-12-10-16(22-27-12)21-17(25)4-5-23-6-8-24(9-7-23)18(26)14-3-2-13(20)11-15(14)19/h2-3,10-11H,4-9H2,1H3,(H,21,22,25). The van der Waals surface area contributed by atoms with E-state index in [1.54, 1.807) is 17.9 Å². The summed E-state index contributed by atoms with van der Waals surface area (Å²) in [6, 6.07) is 5.43. The van der Waals surface area contributed by atoms with Crippen LogP contribution in [-0.2, 0) is 4.79 Å². The van der Waals surface area contributed by atoms with E-state index in [0.29, 0.717) is 56.3 Å². The molecular formula is C18H20ClFN4O3. The van der Waals surface area contributed by atoms with Gasteiger partial charge in [-0.05, 0) is 25.1 Å². The SMILES string of the molecule is Cc1cc(NC(=O)CCN2CCN(C(=O)c3ccc(F)cc3Cl)CC2)no1. The van der Waals surface area contributed by atoms with Gasteiger partial charge in [-0.15, -0.1) is 0 Å². The molecule has 0 bridgehead atoms. The van der Waals surface area contributed by atoms with E-state index in [1.807, 2.05) is 0 Å². The summed E-state index contributed by atoms with van der Waals surface area (Å²) in [4.78, 5) is 28.3. The Morgan fingerprint density at radius 3 is 2.63 bits per heavy atom. The van der Waals surface area contributed by atoms with Gasteiger partial charge in [0.05, 0.1) is 10.6 Å². The second-order valence-corrected chi connectivity index (χ2v) is 6.79. The Kier molecular flexibility index (Phi) is 6.08. The third kappa shape index (κ3) is 5.05. The highest BCUT2D eigenvalue weighted by Crippen LogP contribution is 2.20. The van der Waals surface area contributed by atoms with Crippen molar-refractivity contribution in [3.8, 4) is 0 Å². The molecule has 27 heavy (non-hydrogen) atoms. The van der Waals surface area contributed by atoms with Gasteiger partial charge in [-0.25, -0.2) is 4.39 Å². The smallest absolute Gasteiger partial charge is 0.255 e. The van der Waals surface area contributed by atoms with E-state index in [4.69, 9.17) is 16.1 Å². The molecule has 1 saturated heterocycles. The van der Waals surface area contributed by atoms with Crippen LogP contribution in [0.15, 0.2) is 28.8 Å². The molecule has 1 N–H and O–H groups in total. The first kappa shape index (κ1) is 19.3. The molecule has 9 heteroatoms. The Morgan fingerprint density at radius 1 is 1.26 bits per heavy atom. The van der Waals surface area contributed by atoms with Gasteiger partial charge in [0, 0.05) is 45.2 Å². The van der Waals surface area contributed by atoms with Gasteiger partial charge >= 0.3 is 0 Å². The first-order valence-electron chi connectivity index (χ1n) is 8.62. The number of aryl methyl sites for hydroxylation is 1. The molecule has 0 atom stereocenters. The van der Waals surface area contributed by atoms with Crippen molar-refractivity contribution in [1.82, 2.24) is 15.0 Å². The zero-order valence-electron chi connectivity index (χ0n) is 14.9. The highest BCUT2D eigenvalue weighted by molar-refractivity contribution is 6.33. The Morgan fingerprint density at radius 2 is 2.00 bits per heavy atom. The molecule has 0 spiro atoms. The average Bonchev–Trinajstić information content (AvgIpc) is 3.04. The van der Waals surface area contributed by atoms with Crippen LogP contribution in [-0.4, -0.2) is 59.5 Å². The third-order valence-corrected chi connectivity index (χ3v) is 4.68. The summed E-state index contributed by atoms with van der Waals surface area (Å²) in [5.74, 6) is 0.218. The molecule has 2 aromatic rings. The molecule has 0 radical (unpaired) electrons. The highest BCUT2D eigenvalue weighted by atomic mass is 35.5. The molecule has 7 nitrogen and oxygen atoms in total. The van der Waals surface area contributed by atoms with E-state index < -0.39 is 5.82 Å². The van der Waals surface area contributed by atoms with Crippen LogP contribution in [0.5, 0.6) is 0 Å². The second-order valence-electron chi connectivity index (χ2n) is 6.38. The molecular weight excluding hydrogens is 375 g/mol. The normalized spacial score (nSPS) is 15.0. The quantitative estimate of drug-likeness (QED) is 0.843. The monoisotopic (exact) mass is 394 g/mol. The first-order valence-corrected chi connectivity index (χ1v) is 9.00. The van der Waals surface area contributed by atoms with Gasteiger partial charge in [-0.3, -0.25) is 14.5 Å². The lowest BCUT2D eigenvalue weighted by Crippen LogP contribution is -2.49. The number of amides is 2. The van der Waals surface area contributed by atoms with Crippen molar-refractivity contribution < 1.29 is 18.5 Å². The highest BCUT2D eigenvalue weighted by Gasteiger charge is 2.24. The van der Waals surface area contributed by atoms with Crippen molar-refractivity contribution in [3.63, 3.8) is 0 Å². The summed E-state index contributed by atoms with van der Waals surface area (Å²) in [5, 5.41) is 6.52. The molecule has 144 valence electrons. The van der Waals surface area contributed by atoms with Crippen LogP contribution in [0, 0.1) is 12.7 Å². The minimum Gasteiger partial charge on any atom is -0.360 e. The van der Waals surface area contributed by atoms with E-state index in [2.05, 4.69) is 15.4 Å². The van der Waals surface area contributed by atoms with Gasteiger partial charge in [-0.2, -0.15) is 0 Å². The maximum atomic E-state index is 13.1. The Hall–Kier alpha value is -2.45. The lowest BCUT2D eigenvalue weighted by molar-refractivity contribution is -0.116. The van der Waals surface area contributed by atoms with Gasteiger partial charge in [0.15, 0.2) is 5.82 Å². The fourth-order valence-electron chi connectivity index (χ4n) is 2.90. The molecule has 1 aliphatic rings. The molecule has 2 heterocycles. The summed E-state index contributed by atoms with van der Waals surface area (Å²) in [7, 11) is 0. The number of hydrogen-bond donors (Lipinski definition) is 1. The molecule has 1 fully saturated rings. The topological polar surface area (TPSA) is 78.7 Å². The van der Waals surface area contributed by atoms with Crippen molar-refractivity contribution in [2.45, 2.75) is 13.3 Å². The van der Waals surface area contributed by atoms with Crippen molar-refractivity contribution in [1.29, 1.82) is 0 Å². The molecule has 3 rings (SSSR count). The molecule has 0 saturated carbocycles. The van der Waals surface area contributed by atoms with Crippen molar-refractivity contribution in [2.24, 2.45) is 0 Å². The number of nitrogens with one attached hydrogen (secondary N) is 1. The number of anilines is 1. The number of piperazine rings is 1. The Bertz CT molecular complexity index is 834. The Labute approximate surface area is 161 Å². The second kappa shape index (κ2) is 8.49. The molecule has 0 unspecified atom stereocenters. The fourth-order valence-corrected chi connectivity index (χ4v) is 3.15. The van der Waals surface area contributed by atoms with Crippen LogP contribution < -0.4 is 5.32 Å². The molecule has 2 amide bonds. The summed E-state index contributed by atoms with van der Waals surface area (Å²) >= 11 is 5.97. The summed E-state index contributed by atoms with van der Waals surface area (Å²) < 4.78 is 18.0. The Balaban J connectivity index is 1.44. The van der Waals surface area contributed by atoms with E-state index in [0.717, 1.165) is 6.07 Å². The largest absolute Gasteiger partial charge is 0.360 e. The third-order valence-electron chi connectivity index (χ3n) is 4.37. The van der Waals surface area contributed by atoms with Gasteiger partial charge in [0.2, 0.25) is 5.91 Å². The number of halogens is 2. The van der Waals surface area contributed by atoms with Crippen LogP contribution in [0.25, 0.3) is 0 Å². The van der Waals surface area contributed by atoms with Gasteiger partial charge in [0.25, 0.3) is 5.91 Å². The van der Waals surface area contributed by atoms with Crippen LogP contribution in [0.1, 0.15) is 22.5 Å². The summed E-state index contributed by atoms with van der Waals surface area (Å²) in [5.41, 5.74) is 0.300. The van der Waals surface area contributed by atoms with Crippen molar-refractivity contribution in [2.75, 3.05) is 38.0 Å². The van der Waals surface area contributed by atoms with Crippen LogP contribution >= 0.6 is 11.6 Å². The van der Waals surface area contributed by atoms with Crippen LogP contribution in [0.3, 0.4) is 0 Å². The zero-order chi connectivity index (χ0) is 19.4. The maximum absolute atomic E-state index is 13.1. The number of benzene rings is 1. The van der Waals surface area contributed by atoms with E-state index >= 15 is 0 Å². The van der Waals surface area contributed by atoms with Crippen molar-refractivity contribution in [3.05, 3.63) is 46.4 Å². The lowest BCUT2D eigenvalue weighted by Gasteiger charge is -2.34. The number of hydrogen-bond acceptors (Lipinski definition) is 5. The maximum Gasteiger partial charge on any atom is 0.255 e. The lowest BCUT2D eigenvalue weighted by atomic mass is 10.1. The number of rotatable bonds is 5. The minimum absolute atomic E-state index is 0.113. The first-order chi connectivity index (χ1) is 12.9. The summed E-state index contributed by atoms with van der Waals surface area (Å²) in [6.45, 7) is 4.69. The zero-order valence-corrected chi connectivity index (χ0v) is 15.6. The van der Waals surface area contributed by atoms with Gasteiger partial charge in [0.1, 0.15) is 11.6 Å². The molecule has 1 aliphatic heterocycles.